The number of ether oxygens (including phenoxy) is 3. The fourth-order valence-corrected chi connectivity index (χ4v) is 4.58. The lowest BCUT2D eigenvalue weighted by Crippen LogP contribution is -2.41. The summed E-state index contributed by atoms with van der Waals surface area (Å²) in [6, 6.07) is 11.0. The van der Waals surface area contributed by atoms with Crippen LogP contribution in [0.4, 0.5) is 18.9 Å². The molecule has 10 heteroatoms. The van der Waals surface area contributed by atoms with Gasteiger partial charge in [0.05, 0.1) is 0 Å². The molecular weight excluding hydrogens is 465 g/mol. The average molecular weight is 490 g/mol. The van der Waals surface area contributed by atoms with E-state index in [1.165, 1.54) is 48.6 Å². The van der Waals surface area contributed by atoms with Crippen LogP contribution in [0.2, 0.25) is 0 Å². The molecule has 1 amide bonds. The second-order valence-electron chi connectivity index (χ2n) is 8.98. The van der Waals surface area contributed by atoms with E-state index in [-0.39, 0.29) is 17.4 Å². The summed E-state index contributed by atoms with van der Waals surface area (Å²) in [7, 11) is 0. The molecule has 1 aliphatic carbocycles. The molecule has 5 rings (SSSR count). The molecule has 1 unspecified atom stereocenters. The summed E-state index contributed by atoms with van der Waals surface area (Å²) >= 11 is 0. The third kappa shape index (κ3) is 5.22. The first-order chi connectivity index (χ1) is 16.8. The minimum absolute atomic E-state index is 0.0776. The molecule has 186 valence electrons. The van der Waals surface area contributed by atoms with E-state index in [0.717, 1.165) is 25.9 Å². The van der Waals surface area contributed by atoms with Gasteiger partial charge in [-0.15, -0.1) is 0 Å². The summed E-state index contributed by atoms with van der Waals surface area (Å²) in [6.07, 6.45) is -0.829. The van der Waals surface area contributed by atoms with Gasteiger partial charge in [-0.2, -0.15) is 13.2 Å². The maximum Gasteiger partial charge on any atom is 0.491 e. The van der Waals surface area contributed by atoms with Crippen LogP contribution in [0.5, 0.6) is 11.5 Å². The lowest BCUT2D eigenvalue weighted by atomic mass is 9.91. The number of fused-ring (bicyclic) bond motifs is 2. The molecule has 0 bridgehead atoms. The van der Waals surface area contributed by atoms with Gasteiger partial charge in [-0.1, -0.05) is 12.5 Å². The van der Waals surface area contributed by atoms with Crippen molar-refractivity contribution in [2.75, 3.05) is 25.0 Å². The van der Waals surface area contributed by atoms with Crippen LogP contribution in [0.25, 0.3) is 0 Å². The Kier molecular flexibility index (Phi) is 6.31. The highest BCUT2D eigenvalue weighted by molar-refractivity contribution is 6.04. The van der Waals surface area contributed by atoms with Gasteiger partial charge in [0.2, 0.25) is 0 Å². The van der Waals surface area contributed by atoms with Gasteiger partial charge >= 0.3 is 12.1 Å². The minimum Gasteiger partial charge on any atom is -0.482 e. The number of amides is 1. The van der Waals surface area contributed by atoms with Crippen LogP contribution in [0.3, 0.4) is 0 Å². The number of benzene rings is 2. The number of hydrogen-bond acceptors (Lipinski definition) is 6. The van der Waals surface area contributed by atoms with Crippen molar-refractivity contribution in [1.29, 1.82) is 0 Å². The van der Waals surface area contributed by atoms with Gasteiger partial charge < -0.3 is 19.5 Å². The van der Waals surface area contributed by atoms with Crippen LogP contribution in [-0.4, -0.2) is 55.0 Å². The highest BCUT2D eigenvalue weighted by Gasteiger charge is 2.43. The molecule has 2 aromatic carbocycles. The van der Waals surface area contributed by atoms with Crippen LogP contribution >= 0.6 is 0 Å². The molecule has 1 fully saturated rings. The maximum absolute atomic E-state index is 12.8. The smallest absolute Gasteiger partial charge is 0.482 e. The Morgan fingerprint density at radius 2 is 1.77 bits per heavy atom. The molecule has 7 nitrogen and oxygen atoms in total. The Morgan fingerprint density at radius 3 is 2.49 bits per heavy atom. The van der Waals surface area contributed by atoms with E-state index >= 15 is 0 Å². The van der Waals surface area contributed by atoms with Crippen LogP contribution < -0.4 is 14.8 Å². The van der Waals surface area contributed by atoms with Crippen molar-refractivity contribution in [3.63, 3.8) is 0 Å². The summed E-state index contributed by atoms with van der Waals surface area (Å²) < 4.78 is 52.0. The number of rotatable bonds is 4. The van der Waals surface area contributed by atoms with Gasteiger partial charge in [0.25, 0.3) is 12.2 Å². The van der Waals surface area contributed by atoms with Crippen molar-refractivity contribution < 1.29 is 37.0 Å². The monoisotopic (exact) mass is 490 g/mol. The van der Waals surface area contributed by atoms with E-state index in [9.17, 15) is 22.8 Å². The molecule has 1 saturated carbocycles. The minimum atomic E-state index is -5.13. The summed E-state index contributed by atoms with van der Waals surface area (Å²) in [5.41, 5.74) is 3.54. The van der Waals surface area contributed by atoms with E-state index in [1.54, 1.807) is 0 Å². The van der Waals surface area contributed by atoms with Crippen molar-refractivity contribution in [1.82, 2.24) is 4.90 Å². The van der Waals surface area contributed by atoms with Crippen LogP contribution in [0, 0.1) is 0 Å². The van der Waals surface area contributed by atoms with Gasteiger partial charge in [0.15, 0.2) is 18.1 Å². The maximum atomic E-state index is 12.8. The lowest BCUT2D eigenvalue weighted by molar-refractivity contribution is -0.220. The lowest BCUT2D eigenvalue weighted by Gasteiger charge is -2.36. The molecule has 2 aliphatic heterocycles. The largest absolute Gasteiger partial charge is 0.491 e. The van der Waals surface area contributed by atoms with E-state index in [1.807, 2.05) is 12.1 Å². The standard InChI is InChI=1S/C25H25F3N2O5/c26-25(27,28)24(32)35-22-14-33-21-13-17(5-7-20(21)34-22)23(31)29-18-6-4-15-8-10-30(19-2-1-3-19)11-9-16(15)12-18/h4-7,12-13,19,22H,1-3,8-11,14H2,(H,29,31). The number of hydrogen-bond donors (Lipinski definition) is 1. The normalized spacial score (nSPS) is 20.3. The zero-order chi connectivity index (χ0) is 24.6. The van der Waals surface area contributed by atoms with E-state index in [2.05, 4.69) is 21.0 Å². The van der Waals surface area contributed by atoms with Gasteiger partial charge in [-0.3, -0.25) is 9.69 Å². The Morgan fingerprint density at radius 1 is 1.00 bits per heavy atom. The van der Waals surface area contributed by atoms with Crippen molar-refractivity contribution >= 4 is 17.6 Å². The molecule has 1 atom stereocenters. The molecule has 1 N–H and O–H groups in total. The van der Waals surface area contributed by atoms with Gasteiger partial charge in [-0.25, -0.2) is 4.79 Å². The summed E-state index contributed by atoms with van der Waals surface area (Å²) in [4.78, 5) is 26.4. The number of anilines is 1. The summed E-state index contributed by atoms with van der Waals surface area (Å²) in [6.45, 7) is 1.66. The van der Waals surface area contributed by atoms with Crippen molar-refractivity contribution in [2.24, 2.45) is 0 Å². The molecule has 0 spiro atoms. The quantitative estimate of drug-likeness (QED) is 0.651. The molecule has 0 radical (unpaired) electrons. The summed E-state index contributed by atoms with van der Waals surface area (Å²) in [5, 5.41) is 2.90. The number of nitrogens with zero attached hydrogens (tertiary/aromatic N) is 1. The first-order valence-corrected chi connectivity index (χ1v) is 11.6. The second kappa shape index (κ2) is 9.41. The third-order valence-corrected chi connectivity index (χ3v) is 6.70. The molecule has 2 aromatic rings. The molecule has 0 aromatic heterocycles. The SMILES string of the molecule is O=C(Nc1ccc2c(c1)CCN(C1CCC1)CC2)c1ccc2c(c1)OCC(OC(=O)C(F)(F)F)O2. The molecule has 2 heterocycles. The summed E-state index contributed by atoms with van der Waals surface area (Å²) in [5.74, 6) is -2.46. The second-order valence-corrected chi connectivity index (χ2v) is 8.98. The highest BCUT2D eigenvalue weighted by Crippen LogP contribution is 2.34. The average Bonchev–Trinajstić information content (AvgIpc) is 2.99. The Bertz CT molecular complexity index is 1130. The van der Waals surface area contributed by atoms with Gasteiger partial charge in [0, 0.05) is 30.4 Å². The fraction of sp³-hybridized carbons (Fsp3) is 0.440. The molecule has 35 heavy (non-hydrogen) atoms. The van der Waals surface area contributed by atoms with Crippen molar-refractivity contribution in [2.45, 2.75) is 50.6 Å². The molecule has 0 saturated heterocycles. The van der Waals surface area contributed by atoms with Crippen LogP contribution in [0.1, 0.15) is 40.7 Å². The zero-order valence-corrected chi connectivity index (χ0v) is 18.9. The fourth-order valence-electron chi connectivity index (χ4n) is 4.58. The van der Waals surface area contributed by atoms with Crippen LogP contribution in [-0.2, 0) is 22.4 Å². The number of halogens is 3. The van der Waals surface area contributed by atoms with Crippen molar-refractivity contribution in [3.05, 3.63) is 53.1 Å². The highest BCUT2D eigenvalue weighted by atomic mass is 19.4. The topological polar surface area (TPSA) is 77.1 Å². The number of carbonyl (C=O) groups is 2. The van der Waals surface area contributed by atoms with Gasteiger partial charge in [0.1, 0.15) is 0 Å². The Hall–Kier alpha value is -3.27. The van der Waals surface area contributed by atoms with Crippen molar-refractivity contribution in [3.8, 4) is 11.5 Å². The molecular formula is C25H25F3N2O5. The number of esters is 1. The van der Waals surface area contributed by atoms with Crippen LogP contribution in [0.15, 0.2) is 36.4 Å². The Labute approximate surface area is 200 Å². The van der Waals surface area contributed by atoms with E-state index < -0.39 is 25.0 Å². The predicted octanol–water partition coefficient (Wildman–Crippen LogP) is 4.09. The molecule has 3 aliphatic rings. The number of alkyl halides is 3. The van der Waals surface area contributed by atoms with E-state index in [4.69, 9.17) is 9.47 Å². The van der Waals surface area contributed by atoms with E-state index in [0.29, 0.717) is 17.3 Å². The third-order valence-electron chi connectivity index (χ3n) is 6.70. The Balaban J connectivity index is 1.21. The first-order valence-electron chi connectivity index (χ1n) is 11.6. The number of carbonyl (C=O) groups excluding carboxylic acids is 2. The zero-order valence-electron chi connectivity index (χ0n) is 18.9. The number of nitrogens with one attached hydrogen (secondary N) is 1. The first kappa shape index (κ1) is 23.5. The van der Waals surface area contributed by atoms with Gasteiger partial charge in [-0.05, 0) is 67.1 Å². The predicted molar refractivity (Wildman–Crippen MR) is 120 cm³/mol.